The maximum absolute atomic E-state index is 13.0. The van der Waals surface area contributed by atoms with Gasteiger partial charge in [-0.2, -0.15) is 0 Å². The minimum Gasteiger partial charge on any atom is -0.493 e. The molecule has 1 fully saturated rings. The topological polar surface area (TPSA) is 98.8 Å². The normalized spacial score (nSPS) is 23.1. The summed E-state index contributed by atoms with van der Waals surface area (Å²) in [4.78, 5) is 0.0329. The van der Waals surface area contributed by atoms with Crippen LogP contribution in [0.1, 0.15) is 13.3 Å². The molecule has 0 radical (unpaired) electrons. The van der Waals surface area contributed by atoms with Crippen molar-refractivity contribution in [2.45, 2.75) is 29.5 Å². The van der Waals surface area contributed by atoms with Gasteiger partial charge in [-0.3, -0.25) is 0 Å². The van der Waals surface area contributed by atoms with Crippen LogP contribution in [-0.2, 0) is 19.7 Å². The van der Waals surface area contributed by atoms with Crippen LogP contribution in [0.2, 0.25) is 0 Å². The van der Waals surface area contributed by atoms with Gasteiger partial charge in [0.15, 0.2) is 31.2 Å². The second-order valence-corrected chi connectivity index (χ2v) is 10.1. The van der Waals surface area contributed by atoms with E-state index in [1.807, 2.05) is 6.92 Å². The Morgan fingerprint density at radius 2 is 1.83 bits per heavy atom. The van der Waals surface area contributed by atoms with E-state index in [-0.39, 0.29) is 22.2 Å². The molecule has 0 spiro atoms. The van der Waals surface area contributed by atoms with Crippen LogP contribution >= 0.6 is 0 Å². The summed E-state index contributed by atoms with van der Waals surface area (Å²) >= 11 is 0. The zero-order valence-corrected chi connectivity index (χ0v) is 15.6. The van der Waals surface area contributed by atoms with Crippen molar-refractivity contribution in [3.63, 3.8) is 0 Å². The molecule has 0 bridgehead atoms. The number of ether oxygens (including phenoxy) is 2. The molecule has 1 aliphatic heterocycles. The summed E-state index contributed by atoms with van der Waals surface area (Å²) in [6.07, 6.45) is 0.791. The summed E-state index contributed by atoms with van der Waals surface area (Å²) in [6, 6.07) is 3.69. The Bertz CT molecular complexity index is 788. The van der Waals surface area contributed by atoms with E-state index >= 15 is 0 Å². The number of rotatable bonds is 7. The van der Waals surface area contributed by atoms with Crippen LogP contribution in [0.5, 0.6) is 11.5 Å². The first-order valence-electron chi connectivity index (χ1n) is 7.65. The molecule has 1 aromatic carbocycles. The third-order valence-electron chi connectivity index (χ3n) is 4.04. The fourth-order valence-corrected chi connectivity index (χ4v) is 7.54. The number of methoxy groups -OCH3 is 2. The summed E-state index contributed by atoms with van der Waals surface area (Å²) < 4.78 is 60.1. The Morgan fingerprint density at radius 3 is 2.42 bits per heavy atom. The molecular weight excluding hydrogens is 354 g/mol. The van der Waals surface area contributed by atoms with Gasteiger partial charge in [-0.15, -0.1) is 0 Å². The van der Waals surface area contributed by atoms with Crippen molar-refractivity contribution in [1.29, 1.82) is 0 Å². The maximum Gasteiger partial charge on any atom is 0.183 e. The van der Waals surface area contributed by atoms with Gasteiger partial charge in [-0.25, -0.2) is 16.8 Å². The minimum absolute atomic E-state index is 0.0329. The van der Waals surface area contributed by atoms with Gasteiger partial charge in [0, 0.05) is 12.1 Å². The van der Waals surface area contributed by atoms with Gasteiger partial charge in [0.25, 0.3) is 0 Å². The molecular formula is C15H23NO6S2. The van der Waals surface area contributed by atoms with Crippen LogP contribution in [0.4, 0.5) is 0 Å². The van der Waals surface area contributed by atoms with E-state index in [2.05, 4.69) is 5.32 Å². The second-order valence-electron chi connectivity index (χ2n) is 5.74. The number of benzene rings is 1. The SMILES string of the molecule is CCCN[C@H]1CS(=O)(=O)C[C@@H]1S(=O)(=O)c1ccc(OC)c(OC)c1. The fraction of sp³-hybridized carbons (Fsp3) is 0.600. The van der Waals surface area contributed by atoms with Crippen molar-refractivity contribution in [2.24, 2.45) is 0 Å². The molecule has 0 amide bonds. The standard InChI is InChI=1S/C15H23NO6S2/c1-4-7-16-12-9-23(17,18)10-15(12)24(19,20)11-5-6-13(21-2)14(8-11)22-3/h5-6,8,12,15-16H,4,7,9-10H2,1-3H3/t12-,15-/m0/s1. The molecule has 0 aromatic heterocycles. The van der Waals surface area contributed by atoms with E-state index in [4.69, 9.17) is 9.47 Å². The Balaban J connectivity index is 2.41. The van der Waals surface area contributed by atoms with Crippen molar-refractivity contribution in [1.82, 2.24) is 5.32 Å². The van der Waals surface area contributed by atoms with Gasteiger partial charge < -0.3 is 14.8 Å². The molecule has 2 atom stereocenters. The van der Waals surface area contributed by atoms with Crippen molar-refractivity contribution >= 4 is 19.7 Å². The van der Waals surface area contributed by atoms with Gasteiger partial charge in [0.1, 0.15) is 0 Å². The van der Waals surface area contributed by atoms with Crippen LogP contribution < -0.4 is 14.8 Å². The molecule has 1 heterocycles. The van der Waals surface area contributed by atoms with E-state index in [0.29, 0.717) is 12.3 Å². The van der Waals surface area contributed by atoms with Crippen LogP contribution in [0.3, 0.4) is 0 Å². The highest BCUT2D eigenvalue weighted by Crippen LogP contribution is 2.33. The van der Waals surface area contributed by atoms with Crippen molar-refractivity contribution < 1.29 is 26.3 Å². The summed E-state index contributed by atoms with van der Waals surface area (Å²) in [6.45, 7) is 2.51. The van der Waals surface area contributed by atoms with Gasteiger partial charge in [0.05, 0.1) is 35.9 Å². The molecule has 0 saturated carbocycles. The lowest BCUT2D eigenvalue weighted by molar-refractivity contribution is 0.354. The lowest BCUT2D eigenvalue weighted by atomic mass is 10.2. The van der Waals surface area contributed by atoms with E-state index in [1.165, 1.54) is 32.4 Å². The summed E-state index contributed by atoms with van der Waals surface area (Å²) in [5.74, 6) is 0.170. The summed E-state index contributed by atoms with van der Waals surface area (Å²) in [5.41, 5.74) is 0. The largest absolute Gasteiger partial charge is 0.493 e. The Kier molecular flexibility index (Phi) is 5.77. The van der Waals surface area contributed by atoms with Crippen LogP contribution in [0.25, 0.3) is 0 Å². The van der Waals surface area contributed by atoms with E-state index in [1.54, 1.807) is 0 Å². The number of hydrogen-bond acceptors (Lipinski definition) is 7. The highest BCUT2D eigenvalue weighted by molar-refractivity contribution is 7.96. The van der Waals surface area contributed by atoms with Gasteiger partial charge in [-0.1, -0.05) is 6.92 Å². The third kappa shape index (κ3) is 3.84. The average molecular weight is 377 g/mol. The Labute approximate surface area is 143 Å². The predicted octanol–water partition coefficient (Wildman–Crippen LogP) is 0.643. The van der Waals surface area contributed by atoms with Crippen molar-refractivity contribution in [3.05, 3.63) is 18.2 Å². The zero-order chi connectivity index (χ0) is 18.0. The monoisotopic (exact) mass is 377 g/mol. The molecule has 0 aliphatic carbocycles. The van der Waals surface area contributed by atoms with Gasteiger partial charge in [-0.05, 0) is 25.1 Å². The highest BCUT2D eigenvalue weighted by atomic mass is 32.2. The maximum atomic E-state index is 13.0. The zero-order valence-electron chi connectivity index (χ0n) is 14.0. The van der Waals surface area contributed by atoms with Gasteiger partial charge in [0.2, 0.25) is 0 Å². The molecule has 9 heteroatoms. The van der Waals surface area contributed by atoms with E-state index < -0.39 is 31.0 Å². The molecule has 2 rings (SSSR count). The Morgan fingerprint density at radius 1 is 1.17 bits per heavy atom. The first-order valence-corrected chi connectivity index (χ1v) is 11.0. The van der Waals surface area contributed by atoms with E-state index in [9.17, 15) is 16.8 Å². The average Bonchev–Trinajstić information content (AvgIpc) is 2.87. The predicted molar refractivity (Wildman–Crippen MR) is 91.3 cm³/mol. The molecule has 1 N–H and O–H groups in total. The van der Waals surface area contributed by atoms with Crippen LogP contribution in [-0.4, -0.2) is 60.4 Å². The summed E-state index contributed by atoms with van der Waals surface area (Å²) in [5, 5.41) is 2.04. The lowest BCUT2D eigenvalue weighted by Gasteiger charge is -2.20. The Hall–Kier alpha value is -1.32. The molecule has 24 heavy (non-hydrogen) atoms. The van der Waals surface area contributed by atoms with Crippen molar-refractivity contribution in [3.8, 4) is 11.5 Å². The van der Waals surface area contributed by atoms with Gasteiger partial charge >= 0.3 is 0 Å². The minimum atomic E-state index is -3.82. The first-order chi connectivity index (χ1) is 11.2. The van der Waals surface area contributed by atoms with Crippen LogP contribution in [0, 0.1) is 0 Å². The molecule has 0 unspecified atom stereocenters. The number of sulfone groups is 2. The molecule has 1 saturated heterocycles. The smallest absolute Gasteiger partial charge is 0.183 e. The molecule has 1 aromatic rings. The third-order valence-corrected chi connectivity index (χ3v) is 8.19. The molecule has 7 nitrogen and oxygen atoms in total. The van der Waals surface area contributed by atoms with Crippen molar-refractivity contribution in [2.75, 3.05) is 32.3 Å². The van der Waals surface area contributed by atoms with Crippen LogP contribution in [0.15, 0.2) is 23.1 Å². The lowest BCUT2D eigenvalue weighted by Crippen LogP contribution is -2.43. The number of nitrogens with one attached hydrogen (secondary N) is 1. The molecule has 1 aliphatic rings. The fourth-order valence-electron chi connectivity index (χ4n) is 2.81. The molecule has 136 valence electrons. The highest BCUT2D eigenvalue weighted by Gasteiger charge is 2.45. The quantitative estimate of drug-likeness (QED) is 0.744. The first kappa shape index (κ1) is 19.0. The number of hydrogen-bond donors (Lipinski definition) is 1. The summed E-state index contributed by atoms with van der Waals surface area (Å²) in [7, 11) is -4.34. The van der Waals surface area contributed by atoms with E-state index in [0.717, 1.165) is 6.42 Å². The second kappa shape index (κ2) is 7.28.